The SMILES string of the molecule is CC(C)(C)NC(=O)N(Cc1ccccc1Cl)C[C@@H]1CC(c2ccccc2Cl)=NO1. The minimum atomic E-state index is -0.356. The minimum absolute atomic E-state index is 0.174. The Balaban J connectivity index is 1.73. The van der Waals surface area contributed by atoms with Crippen LogP contribution in [0.3, 0.4) is 0 Å². The van der Waals surface area contributed by atoms with Crippen molar-refractivity contribution in [3.8, 4) is 0 Å². The number of halogens is 2. The molecule has 0 saturated heterocycles. The van der Waals surface area contributed by atoms with Crippen molar-refractivity contribution >= 4 is 34.9 Å². The van der Waals surface area contributed by atoms with Crippen LogP contribution in [0.15, 0.2) is 53.7 Å². The third-order valence-electron chi connectivity index (χ3n) is 4.43. The van der Waals surface area contributed by atoms with Crippen LogP contribution < -0.4 is 5.32 Å². The van der Waals surface area contributed by atoms with Crippen LogP contribution in [-0.2, 0) is 11.4 Å². The smallest absolute Gasteiger partial charge is 0.318 e. The first-order valence-electron chi connectivity index (χ1n) is 9.51. The Morgan fingerprint density at radius 3 is 2.45 bits per heavy atom. The van der Waals surface area contributed by atoms with Gasteiger partial charge in [0.1, 0.15) is 0 Å². The normalized spacial score (nSPS) is 16.2. The zero-order chi connectivity index (χ0) is 21.0. The first-order chi connectivity index (χ1) is 13.7. The van der Waals surface area contributed by atoms with E-state index in [1.54, 1.807) is 4.90 Å². The predicted octanol–water partition coefficient (Wildman–Crippen LogP) is 5.50. The summed E-state index contributed by atoms with van der Waals surface area (Å²) in [5.41, 5.74) is 2.16. The van der Waals surface area contributed by atoms with Gasteiger partial charge in [-0.1, -0.05) is 64.8 Å². The van der Waals surface area contributed by atoms with Gasteiger partial charge in [0, 0.05) is 34.1 Å². The maximum Gasteiger partial charge on any atom is 0.318 e. The molecule has 5 nitrogen and oxygen atoms in total. The minimum Gasteiger partial charge on any atom is -0.390 e. The highest BCUT2D eigenvalue weighted by Gasteiger charge is 2.29. The fraction of sp³-hybridized carbons (Fsp3) is 0.364. The van der Waals surface area contributed by atoms with E-state index in [0.29, 0.717) is 29.6 Å². The van der Waals surface area contributed by atoms with E-state index in [-0.39, 0.29) is 17.7 Å². The van der Waals surface area contributed by atoms with Gasteiger partial charge in [-0.3, -0.25) is 0 Å². The van der Waals surface area contributed by atoms with Crippen LogP contribution >= 0.6 is 23.2 Å². The van der Waals surface area contributed by atoms with Crippen LogP contribution in [0.2, 0.25) is 10.0 Å². The molecule has 154 valence electrons. The van der Waals surface area contributed by atoms with Crippen molar-refractivity contribution in [2.45, 2.75) is 45.4 Å². The first kappa shape index (κ1) is 21.5. The van der Waals surface area contributed by atoms with Crippen molar-refractivity contribution in [3.05, 3.63) is 69.7 Å². The summed E-state index contributed by atoms with van der Waals surface area (Å²) in [7, 11) is 0. The van der Waals surface area contributed by atoms with E-state index >= 15 is 0 Å². The number of hydrogen-bond donors (Lipinski definition) is 1. The summed E-state index contributed by atoms with van der Waals surface area (Å²) in [4.78, 5) is 20.3. The molecular formula is C22H25Cl2N3O2. The molecule has 2 amide bonds. The Labute approximate surface area is 181 Å². The van der Waals surface area contributed by atoms with Crippen LogP contribution in [0, 0.1) is 0 Å². The van der Waals surface area contributed by atoms with Gasteiger partial charge in [-0.05, 0) is 38.5 Å². The highest BCUT2D eigenvalue weighted by Crippen LogP contribution is 2.24. The molecule has 29 heavy (non-hydrogen) atoms. The molecule has 7 heteroatoms. The van der Waals surface area contributed by atoms with Gasteiger partial charge < -0.3 is 15.1 Å². The highest BCUT2D eigenvalue weighted by atomic mass is 35.5. The van der Waals surface area contributed by atoms with Gasteiger partial charge in [0.05, 0.1) is 12.3 Å². The number of urea groups is 1. The predicted molar refractivity (Wildman–Crippen MR) is 118 cm³/mol. The number of carbonyl (C=O) groups is 1. The third-order valence-corrected chi connectivity index (χ3v) is 5.13. The molecule has 0 aromatic heterocycles. The zero-order valence-corrected chi connectivity index (χ0v) is 18.3. The lowest BCUT2D eigenvalue weighted by molar-refractivity contribution is 0.0580. The van der Waals surface area contributed by atoms with E-state index in [4.69, 9.17) is 28.0 Å². The van der Waals surface area contributed by atoms with Crippen LogP contribution in [0.4, 0.5) is 4.79 Å². The molecule has 0 fully saturated rings. The molecule has 1 atom stereocenters. The van der Waals surface area contributed by atoms with Gasteiger partial charge in [-0.2, -0.15) is 0 Å². The average Bonchev–Trinajstić information content (AvgIpc) is 3.10. The molecule has 1 aliphatic heterocycles. The van der Waals surface area contributed by atoms with E-state index < -0.39 is 0 Å². The largest absolute Gasteiger partial charge is 0.390 e. The van der Waals surface area contributed by atoms with Crippen LogP contribution in [0.5, 0.6) is 0 Å². The number of carbonyl (C=O) groups excluding carboxylic acids is 1. The molecule has 3 rings (SSSR count). The first-order valence-corrected chi connectivity index (χ1v) is 10.3. The monoisotopic (exact) mass is 433 g/mol. The summed E-state index contributed by atoms with van der Waals surface area (Å²) in [5.74, 6) is 0. The highest BCUT2D eigenvalue weighted by molar-refractivity contribution is 6.34. The number of rotatable bonds is 5. The lowest BCUT2D eigenvalue weighted by Crippen LogP contribution is -2.50. The van der Waals surface area contributed by atoms with Crippen molar-refractivity contribution in [1.29, 1.82) is 0 Å². The standard InChI is InChI=1S/C22H25Cl2N3O2/c1-22(2,3)25-21(28)27(13-15-8-4-6-10-18(15)23)14-16-12-20(26-29-16)17-9-5-7-11-19(17)24/h4-11,16H,12-14H2,1-3H3,(H,25,28)/t16-/m0/s1. The number of oxime groups is 1. The lowest BCUT2D eigenvalue weighted by atomic mass is 10.0. The van der Waals surface area contributed by atoms with Crippen molar-refractivity contribution in [3.63, 3.8) is 0 Å². The van der Waals surface area contributed by atoms with Gasteiger partial charge in [0.15, 0.2) is 6.10 Å². The molecule has 2 aromatic carbocycles. The van der Waals surface area contributed by atoms with E-state index in [1.807, 2.05) is 69.3 Å². The summed E-state index contributed by atoms with van der Waals surface area (Å²) in [6, 6.07) is 14.9. The molecule has 1 N–H and O–H groups in total. The van der Waals surface area contributed by atoms with E-state index in [1.165, 1.54) is 0 Å². The Bertz CT molecular complexity index is 909. The fourth-order valence-electron chi connectivity index (χ4n) is 3.08. The van der Waals surface area contributed by atoms with E-state index in [0.717, 1.165) is 16.8 Å². The number of nitrogens with one attached hydrogen (secondary N) is 1. The summed E-state index contributed by atoms with van der Waals surface area (Å²) in [6.07, 6.45) is 0.320. The molecule has 0 saturated carbocycles. The number of nitrogens with zero attached hydrogens (tertiary/aromatic N) is 2. The summed E-state index contributed by atoms with van der Waals surface area (Å²) < 4.78 is 0. The quantitative estimate of drug-likeness (QED) is 0.676. The van der Waals surface area contributed by atoms with Gasteiger partial charge in [0.25, 0.3) is 0 Å². The fourth-order valence-corrected chi connectivity index (χ4v) is 3.52. The second kappa shape index (κ2) is 9.06. The summed E-state index contributed by atoms with van der Waals surface area (Å²) >= 11 is 12.6. The van der Waals surface area contributed by atoms with E-state index in [2.05, 4.69) is 10.5 Å². The molecule has 0 aliphatic carbocycles. The maximum absolute atomic E-state index is 12.9. The average molecular weight is 434 g/mol. The van der Waals surface area contributed by atoms with Crippen molar-refractivity contribution in [2.24, 2.45) is 5.16 Å². The topological polar surface area (TPSA) is 53.9 Å². The zero-order valence-electron chi connectivity index (χ0n) is 16.8. The Morgan fingerprint density at radius 2 is 1.79 bits per heavy atom. The second-order valence-corrected chi connectivity index (χ2v) is 8.92. The van der Waals surface area contributed by atoms with Crippen molar-refractivity contribution in [2.75, 3.05) is 6.54 Å². The maximum atomic E-state index is 12.9. The molecule has 0 radical (unpaired) electrons. The van der Waals surface area contributed by atoms with Crippen molar-refractivity contribution < 1.29 is 9.63 Å². The van der Waals surface area contributed by atoms with Gasteiger partial charge in [-0.25, -0.2) is 4.79 Å². The number of benzene rings is 2. The Hall–Kier alpha value is -2.24. The summed E-state index contributed by atoms with van der Waals surface area (Å²) in [6.45, 7) is 6.60. The lowest BCUT2D eigenvalue weighted by Gasteiger charge is -2.30. The van der Waals surface area contributed by atoms with Crippen LogP contribution in [-0.4, -0.2) is 34.8 Å². The summed E-state index contributed by atoms with van der Waals surface area (Å²) in [5, 5.41) is 8.48. The van der Waals surface area contributed by atoms with Crippen LogP contribution in [0.25, 0.3) is 0 Å². The Kier molecular flexibility index (Phi) is 6.70. The Morgan fingerprint density at radius 1 is 1.14 bits per heavy atom. The van der Waals surface area contributed by atoms with Crippen LogP contribution in [0.1, 0.15) is 38.3 Å². The van der Waals surface area contributed by atoms with Crippen molar-refractivity contribution in [1.82, 2.24) is 10.2 Å². The third kappa shape index (κ3) is 5.87. The second-order valence-electron chi connectivity index (χ2n) is 8.10. The number of hydrogen-bond acceptors (Lipinski definition) is 3. The molecule has 0 spiro atoms. The number of amides is 2. The van der Waals surface area contributed by atoms with E-state index in [9.17, 15) is 4.79 Å². The molecule has 2 aromatic rings. The van der Waals surface area contributed by atoms with Gasteiger partial charge in [0.2, 0.25) is 0 Å². The molecule has 1 heterocycles. The molecule has 1 aliphatic rings. The van der Waals surface area contributed by atoms with Gasteiger partial charge >= 0.3 is 6.03 Å². The molecular weight excluding hydrogens is 409 g/mol. The van der Waals surface area contributed by atoms with Gasteiger partial charge in [-0.15, -0.1) is 0 Å². The molecule has 0 unspecified atom stereocenters. The molecule has 0 bridgehead atoms.